The predicted octanol–water partition coefficient (Wildman–Crippen LogP) is 14.2. The Labute approximate surface area is 422 Å². The van der Waals surface area contributed by atoms with Crippen molar-refractivity contribution in [3.63, 3.8) is 0 Å². The van der Waals surface area contributed by atoms with Gasteiger partial charge in [0.25, 0.3) is 0 Å². The summed E-state index contributed by atoms with van der Waals surface area (Å²) in [6.45, 7) is 0.331. The molecule has 0 aliphatic carbocycles. The minimum Gasteiger partial charge on any atom is -0.497 e. The van der Waals surface area contributed by atoms with Crippen LogP contribution in [0.2, 0.25) is 0 Å². The molecule has 0 aliphatic rings. The van der Waals surface area contributed by atoms with Crippen LogP contribution in [0.3, 0.4) is 0 Å². The van der Waals surface area contributed by atoms with Gasteiger partial charge in [-0.2, -0.15) is 132 Å². The summed E-state index contributed by atoms with van der Waals surface area (Å²) in [6, 6.07) is 8.52. The Balaban J connectivity index is 0.000000387. The molecule has 0 spiro atoms. The summed E-state index contributed by atoms with van der Waals surface area (Å²) in [5.41, 5.74) is -29.5. The minimum atomic E-state index is -6.13. The molecular weight excluding hydrogens is 1110 g/mol. The Morgan fingerprint density at radius 3 is 0.910 bits per heavy atom. The van der Waals surface area contributed by atoms with Gasteiger partial charge in [-0.15, -0.1) is 0 Å². The lowest BCUT2D eigenvalue weighted by molar-refractivity contribution is -0.681. The highest BCUT2D eigenvalue weighted by atomic mass is 19.4. The molecule has 7 aromatic rings. The summed E-state index contributed by atoms with van der Waals surface area (Å²) < 4.78 is 348. The number of nitrogens with zero attached hydrogens (tertiary/aromatic N) is 1. The number of halogens is 24. The highest BCUT2D eigenvalue weighted by molar-refractivity contribution is 7.20. The zero-order valence-electron chi connectivity index (χ0n) is 38.4. The van der Waals surface area contributed by atoms with Gasteiger partial charge in [0.1, 0.15) is 11.9 Å². The van der Waals surface area contributed by atoms with Gasteiger partial charge in [-0.25, -0.2) is 0 Å². The lowest BCUT2D eigenvalue weighted by Crippen LogP contribution is -2.75. The van der Waals surface area contributed by atoms with Crippen LogP contribution >= 0.6 is 0 Å². The molecule has 0 aliphatic heterocycles. The largest absolute Gasteiger partial charge is 0.497 e. The summed E-state index contributed by atoms with van der Waals surface area (Å²) in [4.78, 5) is 12.3. The van der Waals surface area contributed by atoms with Gasteiger partial charge in [0, 0.05) is 17.0 Å². The minimum absolute atomic E-state index is 0.0814. The maximum Gasteiger partial charge on any atom is 0.416 e. The van der Waals surface area contributed by atoms with E-state index in [0.29, 0.717) is 12.1 Å². The van der Waals surface area contributed by atoms with E-state index in [9.17, 15) is 110 Å². The molecule has 0 bridgehead atoms. The fraction of sp³-hybridized carbons (Fsp3) is 0.200. The molecule has 0 radical (unpaired) electrons. The molecule has 416 valence electrons. The topological polar surface area (TPSA) is 30.2 Å². The molecule has 78 heavy (non-hydrogen) atoms. The molecule has 0 N–H and O–H groups in total. The molecule has 1 aromatic heterocycles. The Kier molecular flexibility index (Phi) is 15.9. The number of hydrogen-bond donors (Lipinski definition) is 0. The van der Waals surface area contributed by atoms with E-state index in [0.717, 1.165) is 11.1 Å². The second-order valence-corrected chi connectivity index (χ2v) is 17.1. The van der Waals surface area contributed by atoms with E-state index in [4.69, 9.17) is 4.74 Å². The van der Waals surface area contributed by atoms with Crippen molar-refractivity contribution in [1.29, 1.82) is 0 Å². The number of aromatic nitrogens is 1. The van der Waals surface area contributed by atoms with Crippen molar-refractivity contribution in [3.05, 3.63) is 190 Å². The van der Waals surface area contributed by atoms with E-state index in [1.165, 1.54) is 5.39 Å². The summed E-state index contributed by atoms with van der Waals surface area (Å²) in [7, 11) is 1.61. The van der Waals surface area contributed by atoms with Crippen molar-refractivity contribution in [3.8, 4) is 5.75 Å². The molecule has 0 unspecified atom stereocenters. The molecule has 28 heteroatoms. The SMILES string of the molecule is COc1ccc(C(=O)C[n+]2ccc3ccccc3c2)cc1.FC(F)(F)c1cc([B-](c2cc(C(F)(F)F)cc(C(F)(F)F)c2)(c2cc(C(F)(F)F)cc(C(F)(F)F)c2)c2cc(C(F)(F)F)cc(C(F)(F)F)c2)cc(C(F)(F)F)c1. The number of fused-ring (bicyclic) bond motifs is 1. The van der Waals surface area contributed by atoms with Crippen LogP contribution in [0, 0.1) is 0 Å². The highest BCUT2D eigenvalue weighted by Crippen LogP contribution is 2.41. The predicted molar refractivity (Wildman–Crippen MR) is 232 cm³/mol. The van der Waals surface area contributed by atoms with Crippen LogP contribution in [0.1, 0.15) is 54.9 Å². The standard InChI is InChI=1S/C32H12BF24.C18H16NO2/c34-25(35,36)13-1-14(26(37,38)39)6-21(5-13)33(22-7-15(27(40,41)42)2-16(8-22)28(43,44)45,23-9-17(29(46,47)48)3-18(10-23)30(49,50)51)24-11-19(31(52,53)54)4-20(12-24)32(55,56)57;1-21-17-8-6-15(7-9-17)18(20)13-19-11-10-14-4-2-3-5-16(14)12-19/h1-12H;2-12H,13H2,1H3/q-1;+1. The number of Topliss-reactive ketones (excluding diaryl/α,β-unsaturated/α-hetero) is 1. The van der Waals surface area contributed by atoms with Crippen molar-refractivity contribution >= 4 is 44.6 Å². The maximum atomic E-state index is 14.2. The summed E-state index contributed by atoms with van der Waals surface area (Å²) in [5, 5.41) is 2.30. The number of ether oxygens (including phenoxy) is 1. The average molecular weight is 1140 g/mol. The second kappa shape index (κ2) is 20.8. The first-order chi connectivity index (χ1) is 35.5. The van der Waals surface area contributed by atoms with Crippen LogP contribution in [0.15, 0.2) is 140 Å². The number of carbonyl (C=O) groups is 1. The van der Waals surface area contributed by atoms with E-state index >= 15 is 0 Å². The molecule has 1 heterocycles. The lowest BCUT2D eigenvalue weighted by atomic mass is 9.12. The van der Waals surface area contributed by atoms with Crippen LogP contribution < -0.4 is 31.2 Å². The number of pyridine rings is 1. The van der Waals surface area contributed by atoms with Gasteiger partial charge in [-0.05, 0) is 60.0 Å². The van der Waals surface area contributed by atoms with Gasteiger partial charge in [0.05, 0.1) is 51.6 Å². The number of methoxy groups -OCH3 is 1. The fourth-order valence-corrected chi connectivity index (χ4v) is 8.38. The van der Waals surface area contributed by atoms with Crippen molar-refractivity contribution in [2.75, 3.05) is 7.11 Å². The van der Waals surface area contributed by atoms with Gasteiger partial charge in [-0.1, -0.05) is 66.7 Å². The summed E-state index contributed by atoms with van der Waals surface area (Å²) >= 11 is 0. The molecule has 0 saturated heterocycles. The third kappa shape index (κ3) is 13.5. The number of alkyl halides is 24. The zero-order valence-corrected chi connectivity index (χ0v) is 38.4. The first-order valence-corrected chi connectivity index (χ1v) is 21.4. The molecular formula is C50H28BF24NO2. The van der Waals surface area contributed by atoms with Crippen LogP contribution in [0.5, 0.6) is 5.75 Å². The van der Waals surface area contributed by atoms with Crippen LogP contribution in [-0.4, -0.2) is 19.0 Å². The van der Waals surface area contributed by atoms with Crippen molar-refractivity contribution in [2.24, 2.45) is 0 Å². The third-order valence-corrected chi connectivity index (χ3v) is 11.9. The molecule has 3 nitrogen and oxygen atoms in total. The smallest absolute Gasteiger partial charge is 0.416 e. The normalized spacial score (nSPS) is 13.3. The van der Waals surface area contributed by atoms with Crippen molar-refractivity contribution < 1.29 is 119 Å². The monoisotopic (exact) mass is 1140 g/mol. The Hall–Kier alpha value is -7.42. The molecule has 0 fully saturated rings. The molecule has 0 amide bonds. The molecule has 0 saturated carbocycles. The Morgan fingerprint density at radius 2 is 0.654 bits per heavy atom. The van der Waals surface area contributed by atoms with Crippen molar-refractivity contribution in [2.45, 2.75) is 56.0 Å². The quantitative estimate of drug-likeness (QED) is 0.0657. The van der Waals surface area contributed by atoms with E-state index in [1.54, 1.807) is 31.4 Å². The Morgan fingerprint density at radius 1 is 0.385 bits per heavy atom. The van der Waals surface area contributed by atoms with E-state index in [1.807, 2.05) is 41.2 Å². The van der Waals surface area contributed by atoms with Gasteiger partial charge < -0.3 is 4.74 Å². The van der Waals surface area contributed by atoms with Crippen LogP contribution in [-0.2, 0) is 56.0 Å². The summed E-state index contributed by atoms with van der Waals surface area (Å²) in [5.74, 6) is 0.836. The average Bonchev–Trinajstić information content (AvgIpc) is 3.47. The Bertz CT molecular complexity index is 2890. The molecule has 6 aromatic carbocycles. The maximum absolute atomic E-state index is 14.2. The van der Waals surface area contributed by atoms with Crippen molar-refractivity contribution in [1.82, 2.24) is 0 Å². The van der Waals surface area contributed by atoms with E-state index < -0.39 is 195 Å². The first-order valence-electron chi connectivity index (χ1n) is 21.4. The van der Waals surface area contributed by atoms with Crippen LogP contribution in [0.4, 0.5) is 105 Å². The van der Waals surface area contributed by atoms with Crippen LogP contribution in [0.25, 0.3) is 10.8 Å². The van der Waals surface area contributed by atoms with E-state index in [-0.39, 0.29) is 5.78 Å². The highest BCUT2D eigenvalue weighted by Gasteiger charge is 2.47. The lowest BCUT2D eigenvalue weighted by Gasteiger charge is -2.46. The third-order valence-electron chi connectivity index (χ3n) is 11.9. The van der Waals surface area contributed by atoms with Gasteiger partial charge in [0.2, 0.25) is 12.3 Å². The second-order valence-electron chi connectivity index (χ2n) is 17.1. The van der Waals surface area contributed by atoms with Gasteiger partial charge in [0.15, 0.2) is 12.4 Å². The number of benzene rings is 6. The summed E-state index contributed by atoms with van der Waals surface area (Å²) in [6.07, 6.45) is -50.9. The number of carbonyl (C=O) groups excluding carboxylic acids is 1. The first kappa shape index (κ1) is 59.8. The molecule has 7 rings (SSSR count). The zero-order chi connectivity index (χ0) is 58.6. The van der Waals surface area contributed by atoms with E-state index in [2.05, 4.69) is 6.07 Å². The fourth-order valence-electron chi connectivity index (χ4n) is 8.38. The van der Waals surface area contributed by atoms with Gasteiger partial charge >= 0.3 is 49.4 Å². The van der Waals surface area contributed by atoms with Gasteiger partial charge in [-0.3, -0.25) is 4.79 Å². The number of ketones is 1. The number of hydrogen-bond acceptors (Lipinski definition) is 2. The number of rotatable bonds is 8. The molecule has 0 atom stereocenters.